The number of morpholine rings is 1. The first-order valence-corrected chi connectivity index (χ1v) is 6.32. The number of rotatable bonds is 2. The topological polar surface area (TPSA) is 82.3 Å². The molecule has 0 aromatic carbocycles. The maximum atomic E-state index is 9.32. The highest BCUT2D eigenvalue weighted by atomic mass is 16.5. The van der Waals surface area contributed by atoms with E-state index in [-0.39, 0.29) is 18.8 Å². The molecule has 6 heteroatoms. The van der Waals surface area contributed by atoms with E-state index in [2.05, 4.69) is 16.3 Å². The first kappa shape index (κ1) is 13.7. The summed E-state index contributed by atoms with van der Waals surface area (Å²) in [4.78, 5) is 1.97. The Kier molecular flexibility index (Phi) is 3.98. The summed E-state index contributed by atoms with van der Waals surface area (Å²) in [5.41, 5.74) is 2.17. The second-order valence-corrected chi connectivity index (χ2v) is 4.88. The van der Waals surface area contributed by atoms with Gasteiger partial charge in [-0.2, -0.15) is 10.4 Å². The van der Waals surface area contributed by atoms with Crippen molar-refractivity contribution in [1.29, 1.82) is 5.26 Å². The largest absolute Gasteiger partial charge is 0.394 e. The maximum absolute atomic E-state index is 9.32. The third-order valence-electron chi connectivity index (χ3n) is 3.38. The number of hydrogen-bond donors (Lipinski definition) is 1. The highest BCUT2D eigenvalue weighted by molar-refractivity contribution is 5.57. The van der Waals surface area contributed by atoms with Gasteiger partial charge in [-0.25, -0.2) is 0 Å². The standard InChI is InChI=1S/C13H18N4O2/c1-8-5-17(6-11(7-18)19-8)13-12(4-14)9(2)10(3)15-16-13/h8,11,18H,5-7H2,1-3H3. The molecule has 0 bridgehead atoms. The van der Waals surface area contributed by atoms with E-state index in [1.54, 1.807) is 0 Å². The number of anilines is 1. The van der Waals surface area contributed by atoms with Crippen molar-refractivity contribution >= 4 is 5.82 Å². The fraction of sp³-hybridized carbons (Fsp3) is 0.615. The van der Waals surface area contributed by atoms with Crippen LogP contribution in [-0.2, 0) is 4.74 Å². The normalized spacial score (nSPS) is 23.2. The van der Waals surface area contributed by atoms with E-state index in [1.807, 2.05) is 25.7 Å². The first-order chi connectivity index (χ1) is 9.06. The van der Waals surface area contributed by atoms with E-state index in [0.29, 0.717) is 24.5 Å². The molecular formula is C13H18N4O2. The Morgan fingerprint density at radius 2 is 2.16 bits per heavy atom. The van der Waals surface area contributed by atoms with Crippen molar-refractivity contribution in [2.75, 3.05) is 24.6 Å². The second-order valence-electron chi connectivity index (χ2n) is 4.88. The van der Waals surface area contributed by atoms with Crippen LogP contribution < -0.4 is 4.90 Å². The number of aliphatic hydroxyl groups is 1. The first-order valence-electron chi connectivity index (χ1n) is 6.32. The zero-order valence-electron chi connectivity index (χ0n) is 11.4. The van der Waals surface area contributed by atoms with Crippen LogP contribution in [0.3, 0.4) is 0 Å². The summed E-state index contributed by atoms with van der Waals surface area (Å²) in [5.74, 6) is 0.583. The number of nitriles is 1. The van der Waals surface area contributed by atoms with E-state index >= 15 is 0 Å². The molecule has 0 aliphatic carbocycles. The number of aryl methyl sites for hydroxylation is 1. The van der Waals surface area contributed by atoms with E-state index < -0.39 is 0 Å². The minimum absolute atomic E-state index is 0.0131. The Morgan fingerprint density at radius 3 is 2.79 bits per heavy atom. The Hall–Kier alpha value is -1.71. The van der Waals surface area contributed by atoms with Gasteiger partial charge in [0.25, 0.3) is 0 Å². The van der Waals surface area contributed by atoms with Crippen LogP contribution in [0.5, 0.6) is 0 Å². The monoisotopic (exact) mass is 262 g/mol. The molecule has 19 heavy (non-hydrogen) atoms. The van der Waals surface area contributed by atoms with Crippen LogP contribution >= 0.6 is 0 Å². The minimum atomic E-state index is -0.251. The molecule has 1 fully saturated rings. The van der Waals surface area contributed by atoms with Gasteiger partial charge in [0.2, 0.25) is 0 Å². The lowest BCUT2D eigenvalue weighted by Gasteiger charge is -2.37. The molecule has 0 spiro atoms. The summed E-state index contributed by atoms with van der Waals surface area (Å²) in [6.07, 6.45) is -0.264. The van der Waals surface area contributed by atoms with Crippen molar-refractivity contribution in [3.63, 3.8) is 0 Å². The van der Waals surface area contributed by atoms with Gasteiger partial charge in [-0.15, -0.1) is 5.10 Å². The van der Waals surface area contributed by atoms with Gasteiger partial charge >= 0.3 is 0 Å². The zero-order valence-corrected chi connectivity index (χ0v) is 11.4. The van der Waals surface area contributed by atoms with Crippen molar-refractivity contribution in [3.8, 4) is 6.07 Å². The number of hydrogen-bond acceptors (Lipinski definition) is 6. The molecule has 0 amide bonds. The van der Waals surface area contributed by atoms with Crippen LogP contribution in [0.25, 0.3) is 0 Å². The van der Waals surface area contributed by atoms with Gasteiger partial charge in [-0.3, -0.25) is 0 Å². The molecule has 1 N–H and O–H groups in total. The smallest absolute Gasteiger partial charge is 0.169 e. The Morgan fingerprint density at radius 1 is 1.42 bits per heavy atom. The van der Waals surface area contributed by atoms with Crippen LogP contribution in [0.2, 0.25) is 0 Å². The van der Waals surface area contributed by atoms with Gasteiger partial charge in [0.05, 0.1) is 24.5 Å². The predicted octanol–water partition coefficient (Wildman–Crippen LogP) is 0.551. The molecule has 1 aliphatic heterocycles. The molecule has 6 nitrogen and oxygen atoms in total. The van der Waals surface area contributed by atoms with Gasteiger partial charge in [-0.1, -0.05) is 0 Å². The van der Waals surface area contributed by atoms with E-state index in [4.69, 9.17) is 4.74 Å². The van der Waals surface area contributed by atoms with Crippen molar-refractivity contribution < 1.29 is 9.84 Å². The van der Waals surface area contributed by atoms with Crippen LogP contribution in [-0.4, -0.2) is 47.2 Å². The predicted molar refractivity (Wildman–Crippen MR) is 69.9 cm³/mol. The van der Waals surface area contributed by atoms with Gasteiger partial charge < -0.3 is 14.7 Å². The molecule has 0 radical (unpaired) electrons. The quantitative estimate of drug-likeness (QED) is 0.838. The summed E-state index contributed by atoms with van der Waals surface area (Å²) in [6.45, 7) is 6.77. The van der Waals surface area contributed by atoms with E-state index in [0.717, 1.165) is 11.3 Å². The minimum Gasteiger partial charge on any atom is -0.394 e. The summed E-state index contributed by atoms with van der Waals surface area (Å²) in [5, 5.41) is 26.8. The van der Waals surface area contributed by atoms with Gasteiger partial charge in [0.15, 0.2) is 5.82 Å². The van der Waals surface area contributed by atoms with Crippen LogP contribution in [0.15, 0.2) is 0 Å². The van der Waals surface area contributed by atoms with E-state index in [1.165, 1.54) is 0 Å². The molecule has 1 aliphatic rings. The molecule has 1 saturated heterocycles. The van der Waals surface area contributed by atoms with Gasteiger partial charge in [0.1, 0.15) is 11.6 Å². The summed E-state index contributed by atoms with van der Waals surface area (Å²) >= 11 is 0. The SMILES string of the molecule is Cc1nnc(N2CC(C)OC(CO)C2)c(C#N)c1C. The molecule has 2 rings (SSSR count). The third kappa shape index (κ3) is 2.67. The van der Waals surface area contributed by atoms with Crippen LogP contribution in [0.1, 0.15) is 23.7 Å². The molecular weight excluding hydrogens is 244 g/mol. The summed E-state index contributed by atoms with van der Waals surface area (Å²) < 4.78 is 5.59. The molecule has 2 atom stereocenters. The van der Waals surface area contributed by atoms with Crippen molar-refractivity contribution in [1.82, 2.24) is 10.2 Å². The van der Waals surface area contributed by atoms with Crippen LogP contribution in [0.4, 0.5) is 5.82 Å². The van der Waals surface area contributed by atoms with Crippen LogP contribution in [0, 0.1) is 25.2 Å². The van der Waals surface area contributed by atoms with E-state index in [9.17, 15) is 10.4 Å². The third-order valence-corrected chi connectivity index (χ3v) is 3.38. The number of aromatic nitrogens is 2. The zero-order chi connectivity index (χ0) is 14.0. The van der Waals surface area contributed by atoms with Crippen molar-refractivity contribution in [3.05, 3.63) is 16.8 Å². The molecule has 1 aromatic rings. The number of aliphatic hydroxyl groups excluding tert-OH is 1. The highest BCUT2D eigenvalue weighted by Gasteiger charge is 2.28. The Balaban J connectivity index is 2.36. The Labute approximate surface area is 112 Å². The second kappa shape index (κ2) is 5.51. The maximum Gasteiger partial charge on any atom is 0.169 e. The molecule has 2 unspecified atom stereocenters. The lowest BCUT2D eigenvalue weighted by atomic mass is 10.1. The van der Waals surface area contributed by atoms with Crippen molar-refractivity contribution in [2.24, 2.45) is 0 Å². The fourth-order valence-corrected chi connectivity index (χ4v) is 2.27. The fourth-order valence-electron chi connectivity index (χ4n) is 2.27. The lowest BCUT2D eigenvalue weighted by Crippen LogP contribution is -2.48. The van der Waals surface area contributed by atoms with Gasteiger partial charge in [-0.05, 0) is 26.3 Å². The Bertz CT molecular complexity index is 512. The summed E-state index contributed by atoms with van der Waals surface area (Å²) in [7, 11) is 0. The molecule has 2 heterocycles. The lowest BCUT2D eigenvalue weighted by molar-refractivity contribution is -0.0423. The number of nitrogens with zero attached hydrogens (tertiary/aromatic N) is 4. The molecule has 1 aromatic heterocycles. The summed E-state index contributed by atoms with van der Waals surface area (Å²) in [6, 6.07) is 2.20. The molecule has 0 saturated carbocycles. The van der Waals surface area contributed by atoms with Crippen molar-refractivity contribution in [2.45, 2.75) is 33.0 Å². The highest BCUT2D eigenvalue weighted by Crippen LogP contribution is 2.24. The average molecular weight is 262 g/mol. The average Bonchev–Trinajstić information content (AvgIpc) is 2.40. The number of ether oxygens (including phenoxy) is 1. The van der Waals surface area contributed by atoms with Gasteiger partial charge in [0, 0.05) is 13.1 Å². The molecule has 102 valence electrons.